The number of aromatic nitrogens is 3. The van der Waals surface area contributed by atoms with Crippen LogP contribution in [0.1, 0.15) is 53.0 Å². The second kappa shape index (κ2) is 9.01. The van der Waals surface area contributed by atoms with Crippen LogP contribution in [0.2, 0.25) is 0 Å². The van der Waals surface area contributed by atoms with Crippen molar-refractivity contribution in [3.05, 3.63) is 64.4 Å². The molecule has 0 saturated carbocycles. The highest BCUT2D eigenvalue weighted by molar-refractivity contribution is 7.20. The molecule has 0 radical (unpaired) electrons. The molecule has 3 heterocycles. The van der Waals surface area contributed by atoms with E-state index in [0.29, 0.717) is 10.7 Å². The van der Waals surface area contributed by atoms with Gasteiger partial charge in [-0.05, 0) is 83.9 Å². The summed E-state index contributed by atoms with van der Waals surface area (Å²) in [6, 6.07) is 15.7. The Hall–Kier alpha value is -3.23. The van der Waals surface area contributed by atoms with Gasteiger partial charge in [-0.1, -0.05) is 23.5 Å². The third-order valence-electron chi connectivity index (χ3n) is 6.65. The van der Waals surface area contributed by atoms with E-state index in [-0.39, 0.29) is 22.7 Å². The Kier molecular flexibility index (Phi) is 6.12. The molecule has 0 atom stereocenters. The number of rotatable bonds is 5. The molecule has 2 N–H and O–H groups in total. The van der Waals surface area contributed by atoms with E-state index in [9.17, 15) is 4.79 Å². The first-order chi connectivity index (χ1) is 17.0. The Morgan fingerprint density at radius 2 is 1.75 bits per heavy atom. The number of thiazole rings is 1. The minimum Gasteiger partial charge on any atom is -0.497 e. The average Bonchev–Trinajstić information content (AvgIpc) is 3.37. The maximum atomic E-state index is 13.9. The summed E-state index contributed by atoms with van der Waals surface area (Å²) in [5.74, 6) is 0.762. The molecule has 0 aliphatic carbocycles. The van der Waals surface area contributed by atoms with Gasteiger partial charge in [0, 0.05) is 22.4 Å². The van der Waals surface area contributed by atoms with Gasteiger partial charge in [0.05, 0.1) is 34.6 Å². The van der Waals surface area contributed by atoms with Crippen molar-refractivity contribution in [2.45, 2.75) is 64.6 Å². The van der Waals surface area contributed by atoms with Crippen LogP contribution in [0.4, 0.5) is 0 Å². The number of para-hydroxylation sites is 1. The topological polar surface area (TPSA) is 84.3 Å². The molecule has 1 fully saturated rings. The van der Waals surface area contributed by atoms with Gasteiger partial charge < -0.3 is 10.1 Å². The standard InChI is InChI=1S/C28H33N5O2S/c1-17(29-19-15-27(2,3)32-28(4,5)16-19)23-24(18-11-13-20(35-6)14-12-18)31-33(25(23)34)26-30-21-9-7-8-10-22(21)36-26/h7-14,19,31-32H,15-16H2,1-6H3. The molecule has 2 aromatic carbocycles. The lowest BCUT2D eigenvalue weighted by Crippen LogP contribution is -2.58. The summed E-state index contributed by atoms with van der Waals surface area (Å²) in [4.78, 5) is 23.7. The Morgan fingerprint density at radius 1 is 1.08 bits per heavy atom. The van der Waals surface area contributed by atoms with Gasteiger partial charge in [-0.3, -0.25) is 14.9 Å². The molecule has 188 valence electrons. The molecule has 1 aliphatic rings. The predicted octanol–water partition coefficient (Wildman–Crippen LogP) is 5.57. The number of methoxy groups -OCH3 is 1. The molecule has 0 bridgehead atoms. The zero-order chi connectivity index (χ0) is 25.7. The summed E-state index contributed by atoms with van der Waals surface area (Å²) < 4.78 is 7.92. The van der Waals surface area contributed by atoms with Gasteiger partial charge in [-0.2, -0.15) is 4.68 Å². The number of ether oxygens (including phenoxy) is 1. The van der Waals surface area contributed by atoms with Crippen LogP contribution < -0.4 is 15.6 Å². The van der Waals surface area contributed by atoms with E-state index in [1.807, 2.05) is 55.5 Å². The first-order valence-electron chi connectivity index (χ1n) is 12.2. The fraction of sp³-hybridized carbons (Fsp3) is 0.393. The zero-order valence-corrected chi connectivity index (χ0v) is 22.5. The lowest BCUT2D eigenvalue weighted by molar-refractivity contribution is 0.164. The number of fused-ring (bicyclic) bond motifs is 1. The molecule has 5 rings (SSSR count). The second-order valence-electron chi connectivity index (χ2n) is 10.9. The van der Waals surface area contributed by atoms with E-state index in [0.717, 1.165) is 45.8 Å². The van der Waals surface area contributed by atoms with Crippen molar-refractivity contribution >= 4 is 27.3 Å². The van der Waals surface area contributed by atoms with Crippen LogP contribution in [-0.4, -0.2) is 44.7 Å². The normalized spacial score (nSPS) is 18.0. The minimum atomic E-state index is -0.145. The van der Waals surface area contributed by atoms with Crippen LogP contribution in [0.15, 0.2) is 58.3 Å². The Morgan fingerprint density at radius 3 is 2.39 bits per heavy atom. The summed E-state index contributed by atoms with van der Waals surface area (Å²) in [5, 5.41) is 7.67. The first-order valence-corrected chi connectivity index (χ1v) is 13.1. The predicted molar refractivity (Wildman–Crippen MR) is 148 cm³/mol. The lowest BCUT2D eigenvalue weighted by atomic mass is 9.80. The van der Waals surface area contributed by atoms with E-state index >= 15 is 0 Å². The monoisotopic (exact) mass is 503 g/mol. The number of aromatic amines is 1. The average molecular weight is 504 g/mol. The molecule has 2 aromatic heterocycles. The third kappa shape index (κ3) is 4.75. The molecule has 0 spiro atoms. The highest BCUT2D eigenvalue weighted by Gasteiger charge is 2.37. The van der Waals surface area contributed by atoms with Crippen molar-refractivity contribution < 1.29 is 4.74 Å². The van der Waals surface area contributed by atoms with Crippen molar-refractivity contribution in [2.24, 2.45) is 4.99 Å². The Balaban J connectivity index is 1.64. The molecule has 1 aliphatic heterocycles. The van der Waals surface area contributed by atoms with Crippen LogP contribution in [0, 0.1) is 0 Å². The fourth-order valence-electron chi connectivity index (χ4n) is 5.53. The summed E-state index contributed by atoms with van der Waals surface area (Å²) in [5.41, 5.74) is 3.60. The maximum absolute atomic E-state index is 13.9. The molecule has 7 nitrogen and oxygen atoms in total. The molecule has 36 heavy (non-hydrogen) atoms. The van der Waals surface area contributed by atoms with Crippen LogP contribution in [0.5, 0.6) is 5.75 Å². The van der Waals surface area contributed by atoms with Crippen LogP contribution in [0.25, 0.3) is 26.6 Å². The maximum Gasteiger partial charge on any atom is 0.283 e. The molecule has 0 amide bonds. The van der Waals surface area contributed by atoms with Crippen LogP contribution >= 0.6 is 11.3 Å². The van der Waals surface area contributed by atoms with Crippen molar-refractivity contribution in [2.75, 3.05) is 7.11 Å². The van der Waals surface area contributed by atoms with Crippen LogP contribution in [0.3, 0.4) is 0 Å². The van der Waals surface area contributed by atoms with Gasteiger partial charge in [0.15, 0.2) is 0 Å². The van der Waals surface area contributed by atoms with E-state index in [1.54, 1.807) is 11.8 Å². The summed E-state index contributed by atoms with van der Waals surface area (Å²) in [6.45, 7) is 10.8. The molecular formula is C28H33N5O2S. The quantitative estimate of drug-likeness (QED) is 0.349. The summed E-state index contributed by atoms with van der Waals surface area (Å²) in [6.07, 6.45) is 1.81. The highest BCUT2D eigenvalue weighted by Crippen LogP contribution is 2.32. The number of nitrogens with zero attached hydrogens (tertiary/aromatic N) is 3. The van der Waals surface area contributed by atoms with Gasteiger partial charge in [0.25, 0.3) is 5.56 Å². The van der Waals surface area contributed by atoms with Crippen molar-refractivity contribution in [1.29, 1.82) is 0 Å². The summed E-state index contributed by atoms with van der Waals surface area (Å²) >= 11 is 1.49. The van der Waals surface area contributed by atoms with Crippen LogP contribution in [-0.2, 0) is 0 Å². The second-order valence-corrected chi connectivity index (χ2v) is 11.9. The molecule has 8 heteroatoms. The largest absolute Gasteiger partial charge is 0.497 e. The van der Waals surface area contributed by atoms with E-state index in [4.69, 9.17) is 14.7 Å². The Labute approximate surface area is 215 Å². The van der Waals surface area contributed by atoms with E-state index in [1.165, 1.54) is 11.3 Å². The number of benzene rings is 2. The van der Waals surface area contributed by atoms with Gasteiger partial charge in [-0.15, -0.1) is 0 Å². The van der Waals surface area contributed by atoms with Gasteiger partial charge in [0.2, 0.25) is 5.13 Å². The Bertz CT molecular complexity index is 1440. The van der Waals surface area contributed by atoms with Gasteiger partial charge in [-0.25, -0.2) is 4.98 Å². The molecule has 0 unspecified atom stereocenters. The first kappa shape index (κ1) is 24.5. The van der Waals surface area contributed by atoms with Crippen molar-refractivity contribution in [3.8, 4) is 22.1 Å². The lowest BCUT2D eigenvalue weighted by Gasteiger charge is -2.45. The fourth-order valence-corrected chi connectivity index (χ4v) is 6.45. The molecule has 4 aromatic rings. The van der Waals surface area contributed by atoms with Gasteiger partial charge in [0.1, 0.15) is 5.75 Å². The zero-order valence-electron chi connectivity index (χ0n) is 21.7. The number of piperidine rings is 1. The smallest absolute Gasteiger partial charge is 0.283 e. The minimum absolute atomic E-state index is 0.0334. The van der Waals surface area contributed by atoms with E-state index in [2.05, 4.69) is 38.1 Å². The van der Waals surface area contributed by atoms with Gasteiger partial charge >= 0.3 is 0 Å². The van der Waals surface area contributed by atoms with E-state index < -0.39 is 0 Å². The SMILES string of the molecule is COc1ccc(-c2[nH]n(-c3nc4ccccc4s3)c(=O)c2C(C)=NC2CC(C)(C)NC(C)(C)C2)cc1. The summed E-state index contributed by atoms with van der Waals surface area (Å²) in [7, 11) is 1.64. The highest BCUT2D eigenvalue weighted by atomic mass is 32.1. The number of hydrogen-bond acceptors (Lipinski definition) is 6. The molecule has 1 saturated heterocycles. The number of aliphatic imine (C=N–C) groups is 1. The number of nitrogens with one attached hydrogen (secondary N) is 2. The van der Waals surface area contributed by atoms with Crippen molar-refractivity contribution in [3.63, 3.8) is 0 Å². The third-order valence-corrected chi connectivity index (χ3v) is 7.67. The van der Waals surface area contributed by atoms with Crippen molar-refractivity contribution in [1.82, 2.24) is 20.1 Å². The number of hydrogen-bond donors (Lipinski definition) is 2. The molecular weight excluding hydrogens is 470 g/mol. The number of H-pyrrole nitrogens is 1.